The quantitative estimate of drug-likeness (QED) is 0.227. The zero-order valence-corrected chi connectivity index (χ0v) is 25.2. The van der Waals surface area contributed by atoms with E-state index in [0.717, 1.165) is 10.2 Å². The van der Waals surface area contributed by atoms with E-state index in [2.05, 4.69) is 27.2 Å². The molecule has 0 bridgehead atoms. The minimum atomic E-state index is -4.67. The maximum Gasteiger partial charge on any atom is 0.586 e. The van der Waals surface area contributed by atoms with Crippen LogP contribution in [-0.2, 0) is 22.2 Å². The Labute approximate surface area is 261 Å². The van der Waals surface area contributed by atoms with Crippen molar-refractivity contribution in [3.8, 4) is 22.9 Å². The van der Waals surface area contributed by atoms with Gasteiger partial charge in [-0.1, -0.05) is 12.1 Å². The standard InChI is InChI=1S/C21H22F3N3O4.C8H6F2O2.CH4S/c22-21(23,24)18-15-5-2-6-16(19(29)26-9-7-12(8-10-26)20(30)31)17(15)27(25-18)13-3-1-4-14(28)11-13;1-5-2-3-6-7(4-5)12-8(9,10)11-6;1-2/h1,3-4,11-12,16,28H,2,5-10H2,(H,30,31);2-4H,1H3;2H,1H3. The van der Waals surface area contributed by atoms with Crippen molar-refractivity contribution in [1.29, 1.82) is 0 Å². The summed E-state index contributed by atoms with van der Waals surface area (Å²) in [6.07, 6.45) is -4.88. The molecule has 3 aromatic rings. The van der Waals surface area contributed by atoms with Crippen molar-refractivity contribution in [2.45, 2.75) is 57.4 Å². The van der Waals surface area contributed by atoms with E-state index in [-0.39, 0.29) is 59.6 Å². The number of carbonyl (C=O) groups is 2. The number of alkyl halides is 5. The van der Waals surface area contributed by atoms with E-state index in [1.54, 1.807) is 24.1 Å². The van der Waals surface area contributed by atoms with Crippen LogP contribution < -0.4 is 9.47 Å². The molecule has 0 spiro atoms. The Balaban J connectivity index is 0.000000273. The molecule has 1 atom stereocenters. The third-order valence-corrected chi connectivity index (χ3v) is 7.63. The highest BCUT2D eigenvalue weighted by atomic mass is 32.1. The monoisotopic (exact) mass is 657 g/mol. The van der Waals surface area contributed by atoms with Crippen molar-refractivity contribution in [1.82, 2.24) is 14.7 Å². The van der Waals surface area contributed by atoms with Gasteiger partial charge in [-0.15, -0.1) is 8.78 Å². The molecule has 1 fully saturated rings. The van der Waals surface area contributed by atoms with Crippen LogP contribution in [0.15, 0.2) is 42.5 Å². The molecular formula is C30H32F5N3O6S. The lowest BCUT2D eigenvalue weighted by Crippen LogP contribution is -2.43. The number of thiol groups is 1. The zero-order chi connectivity index (χ0) is 33.1. The third kappa shape index (κ3) is 7.63. The second-order valence-electron chi connectivity index (χ2n) is 10.6. The van der Waals surface area contributed by atoms with Gasteiger partial charge in [-0.25, -0.2) is 4.68 Å². The smallest absolute Gasteiger partial charge is 0.508 e. The first-order valence-electron chi connectivity index (χ1n) is 14.0. The van der Waals surface area contributed by atoms with Crippen molar-refractivity contribution in [2.24, 2.45) is 5.92 Å². The topological polar surface area (TPSA) is 114 Å². The number of carboxylic acids is 1. The summed E-state index contributed by atoms with van der Waals surface area (Å²) in [5.74, 6) is -2.46. The fourth-order valence-corrected chi connectivity index (χ4v) is 5.60. The summed E-state index contributed by atoms with van der Waals surface area (Å²) >= 11 is 3.53. The Kier molecular flexibility index (Phi) is 10.2. The lowest BCUT2D eigenvalue weighted by atomic mass is 9.84. The fourth-order valence-electron chi connectivity index (χ4n) is 5.60. The highest BCUT2D eigenvalue weighted by Crippen LogP contribution is 2.43. The van der Waals surface area contributed by atoms with Gasteiger partial charge in [-0.2, -0.15) is 30.9 Å². The first kappa shape index (κ1) is 33.9. The number of phenolic OH excluding ortho intramolecular Hbond substituents is 1. The molecule has 1 aliphatic carbocycles. The Bertz CT molecular complexity index is 1540. The number of benzene rings is 2. The van der Waals surface area contributed by atoms with Crippen LogP contribution in [0.5, 0.6) is 17.2 Å². The Hall–Kier alpha value is -4.01. The van der Waals surface area contributed by atoms with Gasteiger partial charge in [0.1, 0.15) is 5.75 Å². The maximum atomic E-state index is 13.7. The lowest BCUT2D eigenvalue weighted by Gasteiger charge is -2.34. The lowest BCUT2D eigenvalue weighted by molar-refractivity contribution is -0.286. The number of carbonyl (C=O) groups excluding carboxylic acids is 1. The van der Waals surface area contributed by atoms with E-state index in [0.29, 0.717) is 25.7 Å². The number of nitrogens with zero attached hydrogens (tertiary/aromatic N) is 3. The zero-order valence-electron chi connectivity index (χ0n) is 24.4. The molecule has 6 rings (SSSR count). The van der Waals surface area contributed by atoms with Crippen molar-refractivity contribution >= 4 is 24.5 Å². The number of fused-ring (bicyclic) bond motifs is 2. The average molecular weight is 658 g/mol. The molecule has 1 aromatic heterocycles. The van der Waals surface area contributed by atoms with Crippen molar-refractivity contribution in [3.63, 3.8) is 0 Å². The van der Waals surface area contributed by atoms with Crippen LogP contribution in [0.2, 0.25) is 0 Å². The number of aliphatic carboxylic acids is 1. The first-order valence-corrected chi connectivity index (χ1v) is 14.9. The number of aryl methyl sites for hydroxylation is 1. The van der Waals surface area contributed by atoms with Gasteiger partial charge in [0.2, 0.25) is 5.91 Å². The molecule has 1 unspecified atom stereocenters. The van der Waals surface area contributed by atoms with Gasteiger partial charge in [-0.05, 0) is 75.1 Å². The molecule has 0 saturated carbocycles. The Morgan fingerprint density at radius 2 is 1.69 bits per heavy atom. The van der Waals surface area contributed by atoms with Gasteiger partial charge in [0.25, 0.3) is 0 Å². The normalized spacial score (nSPS) is 18.6. The van der Waals surface area contributed by atoms with Gasteiger partial charge in [0, 0.05) is 24.7 Å². The Morgan fingerprint density at radius 1 is 1.02 bits per heavy atom. The van der Waals surface area contributed by atoms with E-state index in [4.69, 9.17) is 5.11 Å². The largest absolute Gasteiger partial charge is 0.586 e. The number of halogens is 5. The molecule has 2 aromatic carbocycles. The summed E-state index contributed by atoms with van der Waals surface area (Å²) < 4.78 is 75.5. The first-order chi connectivity index (χ1) is 21.2. The molecule has 2 aliphatic heterocycles. The predicted molar refractivity (Wildman–Crippen MR) is 155 cm³/mol. The van der Waals surface area contributed by atoms with E-state index in [1.807, 2.05) is 0 Å². The van der Waals surface area contributed by atoms with E-state index in [1.165, 1.54) is 36.4 Å². The number of piperidine rings is 1. The molecule has 9 nitrogen and oxygen atoms in total. The van der Waals surface area contributed by atoms with Gasteiger partial charge < -0.3 is 24.6 Å². The average Bonchev–Trinajstić information content (AvgIpc) is 3.54. The molecule has 2 N–H and O–H groups in total. The van der Waals surface area contributed by atoms with E-state index >= 15 is 0 Å². The summed E-state index contributed by atoms with van der Waals surface area (Å²) in [6.45, 7) is 2.31. The summed E-state index contributed by atoms with van der Waals surface area (Å²) in [5.41, 5.74) is 0.314. The van der Waals surface area contributed by atoms with Gasteiger partial charge in [0.05, 0.1) is 23.2 Å². The molecular weight excluding hydrogens is 625 g/mol. The molecule has 1 amide bonds. The number of carboxylic acid groups (broad SMARTS) is 1. The van der Waals surface area contributed by atoms with Crippen molar-refractivity contribution < 1.29 is 51.2 Å². The number of ether oxygens (including phenoxy) is 2. The van der Waals surface area contributed by atoms with E-state index < -0.39 is 36.0 Å². The summed E-state index contributed by atoms with van der Waals surface area (Å²) in [4.78, 5) is 26.0. The number of hydrogen-bond acceptors (Lipinski definition) is 7. The number of aromatic hydroxyl groups is 1. The van der Waals surface area contributed by atoms with Crippen LogP contribution in [0, 0.1) is 12.8 Å². The number of rotatable bonds is 3. The van der Waals surface area contributed by atoms with Crippen LogP contribution in [-0.4, -0.2) is 62.4 Å². The third-order valence-electron chi connectivity index (χ3n) is 7.63. The maximum absolute atomic E-state index is 13.7. The number of likely N-dealkylation sites (tertiary alicyclic amines) is 1. The molecule has 3 aliphatic rings. The van der Waals surface area contributed by atoms with Crippen LogP contribution in [0.3, 0.4) is 0 Å². The van der Waals surface area contributed by atoms with Gasteiger partial charge in [-0.3, -0.25) is 9.59 Å². The van der Waals surface area contributed by atoms with Crippen LogP contribution in [0.4, 0.5) is 22.0 Å². The highest BCUT2D eigenvalue weighted by molar-refractivity contribution is 7.79. The molecule has 0 radical (unpaired) electrons. The number of amides is 1. The second kappa shape index (κ2) is 13.5. The minimum Gasteiger partial charge on any atom is -0.508 e. The number of hydrogen-bond donors (Lipinski definition) is 3. The second-order valence-corrected chi connectivity index (χ2v) is 10.6. The summed E-state index contributed by atoms with van der Waals surface area (Å²) in [7, 11) is 0. The van der Waals surface area contributed by atoms with Crippen molar-refractivity contribution in [3.05, 3.63) is 65.0 Å². The Morgan fingerprint density at radius 3 is 2.31 bits per heavy atom. The van der Waals surface area contributed by atoms with Crippen LogP contribution in [0.25, 0.3) is 5.69 Å². The van der Waals surface area contributed by atoms with E-state index in [9.17, 15) is 36.6 Å². The minimum absolute atomic E-state index is 0.0147. The van der Waals surface area contributed by atoms with Gasteiger partial charge >= 0.3 is 18.4 Å². The van der Waals surface area contributed by atoms with Crippen molar-refractivity contribution in [2.75, 3.05) is 19.3 Å². The van der Waals surface area contributed by atoms with Crippen LogP contribution >= 0.6 is 12.6 Å². The SMILES string of the molecule is CS.Cc1ccc2c(c1)OC(F)(F)O2.O=C(O)C1CCN(C(=O)C2CCCc3c(C(F)(F)F)nn(-c4cccc(O)c4)c32)CC1. The van der Waals surface area contributed by atoms with Crippen LogP contribution in [0.1, 0.15) is 54.1 Å². The predicted octanol–water partition coefficient (Wildman–Crippen LogP) is 6.20. The molecule has 3 heterocycles. The molecule has 45 heavy (non-hydrogen) atoms. The molecule has 1 saturated heterocycles. The number of aromatic nitrogens is 2. The summed E-state index contributed by atoms with van der Waals surface area (Å²) in [5, 5.41) is 22.8. The summed E-state index contributed by atoms with van der Waals surface area (Å²) in [6, 6.07) is 10.4. The number of phenols is 1. The van der Waals surface area contributed by atoms with Gasteiger partial charge in [0.15, 0.2) is 17.2 Å². The molecule has 15 heteroatoms. The highest BCUT2D eigenvalue weighted by Gasteiger charge is 2.45. The molecule has 244 valence electrons. The fraction of sp³-hybridized carbons (Fsp3) is 0.433.